The highest BCUT2D eigenvalue weighted by Gasteiger charge is 2.15. The maximum absolute atomic E-state index is 12.0. The van der Waals surface area contributed by atoms with Crippen molar-refractivity contribution < 1.29 is 24.2 Å². The Labute approximate surface area is 189 Å². The summed E-state index contributed by atoms with van der Waals surface area (Å²) in [5, 5.41) is 22.1. The number of nitrogens with one attached hydrogen (secondary N) is 2. The van der Waals surface area contributed by atoms with Crippen LogP contribution in [0.15, 0.2) is 60.4 Å². The zero-order valence-corrected chi connectivity index (χ0v) is 17.7. The lowest BCUT2D eigenvalue weighted by Crippen LogP contribution is -2.27. The normalized spacial score (nSPS) is 11.4. The predicted octanol–water partition coefficient (Wildman–Crippen LogP) is 3.07. The fourth-order valence-corrected chi connectivity index (χ4v) is 3.01. The highest BCUT2D eigenvalue weighted by molar-refractivity contribution is 5.97. The fraction of sp³-hybridized carbons (Fsp3) is 0.208. The molecule has 0 fully saturated rings. The molecular weight excluding hydrogens is 424 g/mol. The molecule has 9 nitrogen and oxygen atoms in total. The van der Waals surface area contributed by atoms with Gasteiger partial charge >= 0.3 is 5.97 Å². The molecule has 1 amide bonds. The molecule has 3 N–H and O–H groups in total. The van der Waals surface area contributed by atoms with E-state index in [2.05, 4.69) is 15.3 Å². The number of carbonyl (C=O) groups is 3. The summed E-state index contributed by atoms with van der Waals surface area (Å²) < 4.78 is 4.98. The van der Waals surface area contributed by atoms with E-state index in [9.17, 15) is 24.8 Å². The van der Waals surface area contributed by atoms with Gasteiger partial charge in [0.2, 0.25) is 5.91 Å². The molecule has 0 saturated heterocycles. The average Bonchev–Trinajstić information content (AvgIpc) is 3.26. The van der Waals surface area contributed by atoms with Gasteiger partial charge in [-0.15, -0.1) is 0 Å². The van der Waals surface area contributed by atoms with Crippen LogP contribution in [-0.4, -0.2) is 45.9 Å². The number of nitriles is 1. The molecule has 1 aromatic heterocycles. The van der Waals surface area contributed by atoms with E-state index in [1.165, 1.54) is 0 Å². The van der Waals surface area contributed by atoms with Crippen molar-refractivity contribution >= 4 is 34.3 Å². The van der Waals surface area contributed by atoms with E-state index in [4.69, 9.17) is 4.74 Å². The fourth-order valence-electron chi connectivity index (χ4n) is 3.01. The summed E-state index contributed by atoms with van der Waals surface area (Å²) in [7, 11) is 0. The molecular formula is C24H22N4O5. The quantitative estimate of drug-likeness (QED) is 0.188. The highest BCUT2D eigenvalue weighted by atomic mass is 16.5. The molecule has 3 rings (SSSR count). The number of hydrogen-bond donors (Lipinski definition) is 3. The number of benzene rings is 2. The Morgan fingerprint density at radius 2 is 1.76 bits per heavy atom. The monoisotopic (exact) mass is 446 g/mol. The molecule has 9 heteroatoms. The van der Waals surface area contributed by atoms with Gasteiger partial charge in [-0.05, 0) is 12.1 Å². The van der Waals surface area contributed by atoms with Gasteiger partial charge in [0, 0.05) is 24.9 Å². The van der Waals surface area contributed by atoms with Crippen LogP contribution < -0.4 is 5.32 Å². The van der Waals surface area contributed by atoms with Crippen molar-refractivity contribution in [1.29, 1.82) is 5.26 Å². The summed E-state index contributed by atoms with van der Waals surface area (Å²) >= 11 is 0. The number of aromatic nitrogens is 2. The number of nitrogens with zero attached hydrogens (tertiary/aromatic N) is 2. The van der Waals surface area contributed by atoms with E-state index < -0.39 is 18.3 Å². The Bertz CT molecular complexity index is 1190. The Morgan fingerprint density at radius 3 is 2.48 bits per heavy atom. The number of carbonyl (C=O) groups excluding carboxylic acids is 3. The second-order valence-electron chi connectivity index (χ2n) is 7.09. The lowest BCUT2D eigenvalue weighted by molar-refractivity contribution is -0.143. The second kappa shape index (κ2) is 11.2. The number of H-pyrrole nitrogens is 1. The molecule has 1 heterocycles. The molecule has 0 aliphatic heterocycles. The summed E-state index contributed by atoms with van der Waals surface area (Å²) in [5.74, 6) is -1.42. The van der Waals surface area contributed by atoms with E-state index in [1.54, 1.807) is 48.5 Å². The predicted molar refractivity (Wildman–Crippen MR) is 120 cm³/mol. The second-order valence-corrected chi connectivity index (χ2v) is 7.09. The Morgan fingerprint density at radius 1 is 1.03 bits per heavy atom. The van der Waals surface area contributed by atoms with Crippen LogP contribution in [0, 0.1) is 11.3 Å². The number of hydrogen-bond acceptors (Lipinski definition) is 7. The van der Waals surface area contributed by atoms with Crippen LogP contribution in [0.3, 0.4) is 0 Å². The van der Waals surface area contributed by atoms with Gasteiger partial charge in [0.1, 0.15) is 18.2 Å². The summed E-state index contributed by atoms with van der Waals surface area (Å²) in [5.41, 5.74) is 1.74. The van der Waals surface area contributed by atoms with E-state index in [-0.39, 0.29) is 48.9 Å². The lowest BCUT2D eigenvalue weighted by atomic mass is 10.1. The average molecular weight is 446 g/mol. The highest BCUT2D eigenvalue weighted by Crippen LogP contribution is 2.18. The van der Waals surface area contributed by atoms with Crippen molar-refractivity contribution in [2.45, 2.75) is 19.3 Å². The van der Waals surface area contributed by atoms with Gasteiger partial charge < -0.3 is 20.1 Å². The first-order valence-corrected chi connectivity index (χ1v) is 10.3. The van der Waals surface area contributed by atoms with Crippen molar-refractivity contribution in [1.82, 2.24) is 15.3 Å². The smallest absolute Gasteiger partial charge is 0.308 e. The number of aromatic amines is 1. The van der Waals surface area contributed by atoms with Gasteiger partial charge in [0.05, 0.1) is 17.5 Å². The van der Waals surface area contributed by atoms with Crippen LogP contribution in [-0.2, 0) is 14.3 Å². The van der Waals surface area contributed by atoms with Crippen LogP contribution in [0.5, 0.6) is 0 Å². The number of allylic oxidation sites excluding steroid dienone is 1. The number of ketones is 1. The minimum absolute atomic E-state index is 0.00926. The third-order valence-electron chi connectivity index (χ3n) is 4.72. The molecule has 3 aromatic rings. The number of amides is 1. The molecule has 168 valence electrons. The maximum Gasteiger partial charge on any atom is 0.308 e. The van der Waals surface area contributed by atoms with E-state index in [0.29, 0.717) is 16.6 Å². The van der Waals surface area contributed by atoms with Crippen LogP contribution in [0.4, 0.5) is 0 Å². The Balaban J connectivity index is 1.41. The number of ether oxygens (including phenoxy) is 1. The van der Waals surface area contributed by atoms with Crippen LogP contribution >= 0.6 is 0 Å². The zero-order chi connectivity index (χ0) is 23.6. The van der Waals surface area contributed by atoms with Crippen LogP contribution in [0.2, 0.25) is 0 Å². The van der Waals surface area contributed by atoms with Crippen molar-refractivity contribution in [2.75, 3.05) is 13.2 Å². The number of esters is 1. The molecule has 33 heavy (non-hydrogen) atoms. The molecule has 0 unspecified atom stereocenters. The van der Waals surface area contributed by atoms with E-state index >= 15 is 0 Å². The van der Waals surface area contributed by atoms with Gasteiger partial charge in [-0.25, -0.2) is 4.98 Å². The first kappa shape index (κ1) is 23.2. The molecule has 0 bridgehead atoms. The third-order valence-corrected chi connectivity index (χ3v) is 4.72. The first-order chi connectivity index (χ1) is 16.0. The van der Waals surface area contributed by atoms with Crippen molar-refractivity contribution in [3.63, 3.8) is 0 Å². The third kappa shape index (κ3) is 6.51. The number of imidazole rings is 1. The number of para-hydroxylation sites is 2. The first-order valence-electron chi connectivity index (χ1n) is 10.3. The number of aliphatic hydroxyl groups is 1. The standard InChI is InChI=1S/C24H22N4O5/c25-14-17(24-27-18-8-4-5-9-19(18)28-24)21(30)15-33-23(32)12-13-26-22(31)11-10-20(29)16-6-2-1-3-7-16/h1-9,30H,10-13,15H2,(H,26,31)(H,27,28)/b21-17+. The van der Waals surface area contributed by atoms with Crippen molar-refractivity contribution in [3.05, 3.63) is 71.7 Å². The zero-order valence-electron chi connectivity index (χ0n) is 17.7. The summed E-state index contributed by atoms with van der Waals surface area (Å²) in [6, 6.07) is 17.7. The Hall–Kier alpha value is -4.45. The largest absolute Gasteiger partial charge is 0.507 e. The van der Waals surface area contributed by atoms with Gasteiger partial charge in [-0.1, -0.05) is 42.5 Å². The number of fused-ring (bicyclic) bond motifs is 1. The SMILES string of the molecule is N#C/C(=C(\O)COC(=O)CCNC(=O)CCC(=O)c1ccccc1)c1nc2ccccc2[nH]1. The molecule has 0 saturated carbocycles. The summed E-state index contributed by atoms with van der Waals surface area (Å²) in [4.78, 5) is 42.9. The van der Waals surface area contributed by atoms with Gasteiger partial charge in [-0.3, -0.25) is 14.4 Å². The molecule has 0 aliphatic rings. The topological polar surface area (TPSA) is 145 Å². The van der Waals surface area contributed by atoms with E-state index in [0.717, 1.165) is 0 Å². The number of rotatable bonds is 10. The molecule has 0 atom stereocenters. The summed E-state index contributed by atoms with van der Waals surface area (Å²) in [6.45, 7) is -0.478. The Kier molecular flexibility index (Phi) is 7.91. The molecule has 0 radical (unpaired) electrons. The lowest BCUT2D eigenvalue weighted by Gasteiger charge is -2.07. The number of Topliss-reactive ketones (excluding diaryl/α,β-unsaturated/α-hetero) is 1. The van der Waals surface area contributed by atoms with E-state index in [1.807, 2.05) is 12.1 Å². The van der Waals surface area contributed by atoms with Crippen LogP contribution in [0.1, 0.15) is 35.4 Å². The minimum Gasteiger partial charge on any atom is -0.507 e. The van der Waals surface area contributed by atoms with Crippen molar-refractivity contribution in [2.24, 2.45) is 0 Å². The maximum atomic E-state index is 12.0. The molecule has 2 aromatic carbocycles. The van der Waals surface area contributed by atoms with Gasteiger partial charge in [0.15, 0.2) is 17.4 Å². The van der Waals surface area contributed by atoms with Gasteiger partial charge in [-0.2, -0.15) is 5.26 Å². The van der Waals surface area contributed by atoms with Crippen molar-refractivity contribution in [3.8, 4) is 6.07 Å². The van der Waals surface area contributed by atoms with Crippen LogP contribution in [0.25, 0.3) is 16.6 Å². The van der Waals surface area contributed by atoms with Gasteiger partial charge in [0.25, 0.3) is 0 Å². The number of aliphatic hydroxyl groups excluding tert-OH is 1. The molecule has 0 spiro atoms. The molecule has 0 aliphatic carbocycles. The summed E-state index contributed by atoms with van der Waals surface area (Å²) in [6.07, 6.45) is -0.0504. The minimum atomic E-state index is -0.663.